The molecule has 0 bridgehead atoms. The van der Waals surface area contributed by atoms with Crippen LogP contribution in [0.4, 0.5) is 0 Å². The van der Waals surface area contributed by atoms with Crippen LogP contribution in [0.2, 0.25) is 0 Å². The van der Waals surface area contributed by atoms with Gasteiger partial charge in [-0.3, -0.25) is 0 Å². The van der Waals surface area contributed by atoms with Crippen molar-refractivity contribution in [3.05, 3.63) is 70.4 Å². The number of hydrogen-bond acceptors (Lipinski definition) is 1. The third kappa shape index (κ3) is 3.55. The fraction of sp³-hybridized carbons (Fsp3) is 0.409. The van der Waals surface area contributed by atoms with Gasteiger partial charge in [-0.2, -0.15) is 0 Å². The van der Waals surface area contributed by atoms with Gasteiger partial charge < -0.3 is 9.13 Å². The first-order valence-corrected chi connectivity index (χ1v) is 9.14. The van der Waals surface area contributed by atoms with Gasteiger partial charge in [0.25, 0.3) is 0 Å². The van der Waals surface area contributed by atoms with Gasteiger partial charge in [0.05, 0.1) is 0 Å². The predicted molar refractivity (Wildman–Crippen MR) is 105 cm³/mol. The second kappa shape index (κ2) is 6.91. The quantitative estimate of drug-likeness (QED) is 0.611. The summed E-state index contributed by atoms with van der Waals surface area (Å²) in [4.78, 5) is 4.95. The molecule has 0 fully saturated rings. The third-order valence-electron chi connectivity index (χ3n) is 5.09. The van der Waals surface area contributed by atoms with Crippen LogP contribution < -0.4 is 0 Å². The van der Waals surface area contributed by atoms with E-state index in [0.717, 1.165) is 18.7 Å². The van der Waals surface area contributed by atoms with Gasteiger partial charge in [0.2, 0.25) is 0 Å². The first-order valence-electron chi connectivity index (χ1n) is 9.14. The average Bonchev–Trinajstić information content (AvgIpc) is 3.06. The SMILES string of the molecule is Cc1cc(CC[C@@H](C)n2c(C)ccc2C)nc(-n2c(C)ccc2C)c1. The monoisotopic (exact) mass is 335 g/mol. The van der Waals surface area contributed by atoms with E-state index in [1.807, 2.05) is 0 Å². The Morgan fingerprint density at radius 1 is 0.840 bits per heavy atom. The molecule has 0 radical (unpaired) electrons. The van der Waals surface area contributed by atoms with Crippen molar-refractivity contribution in [3.63, 3.8) is 0 Å². The molecule has 3 aromatic heterocycles. The van der Waals surface area contributed by atoms with Crippen molar-refractivity contribution >= 4 is 0 Å². The van der Waals surface area contributed by atoms with Crippen LogP contribution in [0, 0.1) is 34.6 Å². The highest BCUT2D eigenvalue weighted by Gasteiger charge is 2.12. The highest BCUT2D eigenvalue weighted by atomic mass is 15.1. The van der Waals surface area contributed by atoms with Gasteiger partial charge in [-0.15, -0.1) is 0 Å². The molecule has 0 N–H and O–H groups in total. The molecule has 3 rings (SSSR count). The van der Waals surface area contributed by atoms with Gasteiger partial charge in [0, 0.05) is 34.5 Å². The number of aryl methyl sites for hydroxylation is 6. The maximum atomic E-state index is 4.95. The van der Waals surface area contributed by atoms with Crippen LogP contribution in [0.3, 0.4) is 0 Å². The van der Waals surface area contributed by atoms with Gasteiger partial charge in [0.1, 0.15) is 5.82 Å². The summed E-state index contributed by atoms with van der Waals surface area (Å²) in [5, 5.41) is 0. The molecule has 0 aromatic carbocycles. The lowest BCUT2D eigenvalue weighted by molar-refractivity contribution is 0.488. The Bertz CT molecular complexity index is 844. The van der Waals surface area contributed by atoms with E-state index in [1.165, 1.54) is 34.0 Å². The highest BCUT2D eigenvalue weighted by molar-refractivity contribution is 5.35. The minimum absolute atomic E-state index is 0.482. The molecule has 0 aliphatic rings. The smallest absolute Gasteiger partial charge is 0.137 e. The normalized spacial score (nSPS) is 12.6. The van der Waals surface area contributed by atoms with Crippen molar-refractivity contribution in [3.8, 4) is 5.82 Å². The lowest BCUT2D eigenvalue weighted by Gasteiger charge is -2.19. The molecule has 0 aliphatic carbocycles. The zero-order valence-electron chi connectivity index (χ0n) is 16.3. The van der Waals surface area contributed by atoms with Gasteiger partial charge in [-0.05, 0) is 96.3 Å². The minimum atomic E-state index is 0.482. The van der Waals surface area contributed by atoms with Gasteiger partial charge >= 0.3 is 0 Å². The average molecular weight is 335 g/mol. The molecular formula is C22H29N3. The van der Waals surface area contributed by atoms with Crippen molar-refractivity contribution in [2.24, 2.45) is 0 Å². The molecule has 0 aliphatic heterocycles. The first-order chi connectivity index (χ1) is 11.9. The zero-order chi connectivity index (χ0) is 18.1. The molecule has 0 saturated carbocycles. The van der Waals surface area contributed by atoms with Crippen molar-refractivity contribution < 1.29 is 0 Å². The number of pyridine rings is 1. The highest BCUT2D eigenvalue weighted by Crippen LogP contribution is 2.22. The molecule has 3 nitrogen and oxygen atoms in total. The molecule has 0 saturated heterocycles. The van der Waals surface area contributed by atoms with E-state index in [4.69, 9.17) is 4.98 Å². The lowest BCUT2D eigenvalue weighted by atomic mass is 10.1. The molecule has 3 aromatic rings. The topological polar surface area (TPSA) is 22.8 Å². The van der Waals surface area contributed by atoms with Gasteiger partial charge in [-0.25, -0.2) is 4.98 Å². The molecular weight excluding hydrogens is 306 g/mol. The summed E-state index contributed by atoms with van der Waals surface area (Å²) < 4.78 is 4.66. The van der Waals surface area contributed by atoms with Crippen molar-refractivity contribution in [1.82, 2.24) is 14.1 Å². The Morgan fingerprint density at radius 3 is 2.00 bits per heavy atom. The molecule has 3 heterocycles. The molecule has 0 spiro atoms. The van der Waals surface area contributed by atoms with E-state index in [-0.39, 0.29) is 0 Å². The van der Waals surface area contributed by atoms with E-state index >= 15 is 0 Å². The fourth-order valence-electron chi connectivity index (χ4n) is 3.85. The van der Waals surface area contributed by atoms with E-state index in [9.17, 15) is 0 Å². The minimum Gasteiger partial charge on any atom is -0.346 e. The van der Waals surface area contributed by atoms with Crippen LogP contribution in [0.25, 0.3) is 5.82 Å². The van der Waals surface area contributed by atoms with Crippen LogP contribution in [-0.4, -0.2) is 14.1 Å². The van der Waals surface area contributed by atoms with Crippen LogP contribution in [0.15, 0.2) is 36.4 Å². The second-order valence-corrected chi connectivity index (χ2v) is 7.32. The predicted octanol–water partition coefficient (Wildman–Crippen LogP) is 5.41. The third-order valence-corrected chi connectivity index (χ3v) is 5.09. The summed E-state index contributed by atoms with van der Waals surface area (Å²) in [6.07, 6.45) is 2.09. The Balaban J connectivity index is 1.82. The summed E-state index contributed by atoms with van der Waals surface area (Å²) >= 11 is 0. The zero-order valence-corrected chi connectivity index (χ0v) is 16.3. The standard InChI is InChI=1S/C22H29N3/c1-15-13-21(12-11-18(4)24-16(2)7-8-17(24)3)23-22(14-15)25-19(5)9-10-20(25)6/h7-10,13-14,18H,11-12H2,1-6H3/t18-/m1/s1. The molecule has 0 amide bonds. The van der Waals surface area contributed by atoms with Gasteiger partial charge in [-0.1, -0.05) is 0 Å². The number of aromatic nitrogens is 3. The maximum Gasteiger partial charge on any atom is 0.137 e. The van der Waals surface area contributed by atoms with E-state index in [1.54, 1.807) is 0 Å². The Morgan fingerprint density at radius 2 is 1.40 bits per heavy atom. The molecule has 25 heavy (non-hydrogen) atoms. The summed E-state index contributed by atoms with van der Waals surface area (Å²) in [6, 6.07) is 13.6. The number of nitrogens with zero attached hydrogens (tertiary/aromatic N) is 3. The molecule has 1 atom stereocenters. The fourth-order valence-corrected chi connectivity index (χ4v) is 3.85. The van der Waals surface area contributed by atoms with Crippen LogP contribution in [-0.2, 0) is 6.42 Å². The van der Waals surface area contributed by atoms with Crippen LogP contribution >= 0.6 is 0 Å². The molecule has 132 valence electrons. The van der Waals surface area contributed by atoms with Crippen molar-refractivity contribution in [2.75, 3.05) is 0 Å². The van der Waals surface area contributed by atoms with Crippen molar-refractivity contribution in [1.29, 1.82) is 0 Å². The lowest BCUT2D eigenvalue weighted by Crippen LogP contribution is -2.11. The number of hydrogen-bond donors (Lipinski definition) is 0. The second-order valence-electron chi connectivity index (χ2n) is 7.32. The Labute approximate surface area is 151 Å². The largest absolute Gasteiger partial charge is 0.346 e. The Kier molecular flexibility index (Phi) is 4.85. The molecule has 3 heteroatoms. The summed E-state index contributed by atoms with van der Waals surface area (Å²) in [6.45, 7) is 13.1. The van der Waals surface area contributed by atoms with E-state index < -0.39 is 0 Å². The summed E-state index contributed by atoms with van der Waals surface area (Å²) in [7, 11) is 0. The van der Waals surface area contributed by atoms with Gasteiger partial charge in [0.15, 0.2) is 0 Å². The van der Waals surface area contributed by atoms with Crippen LogP contribution in [0.5, 0.6) is 0 Å². The Hall–Kier alpha value is -2.29. The summed E-state index contributed by atoms with van der Waals surface area (Å²) in [5.74, 6) is 1.04. The van der Waals surface area contributed by atoms with E-state index in [0.29, 0.717) is 6.04 Å². The molecule has 0 unspecified atom stereocenters. The van der Waals surface area contributed by atoms with Crippen molar-refractivity contribution in [2.45, 2.75) is 60.4 Å². The first kappa shape index (κ1) is 17.5. The maximum absolute atomic E-state index is 4.95. The van der Waals surface area contributed by atoms with E-state index in [2.05, 4.69) is 87.1 Å². The number of rotatable bonds is 5. The summed E-state index contributed by atoms with van der Waals surface area (Å²) in [5.41, 5.74) is 7.58. The van der Waals surface area contributed by atoms with Crippen LogP contribution in [0.1, 0.15) is 53.4 Å².